The first-order valence-corrected chi connectivity index (χ1v) is 19.5. The second-order valence-corrected chi connectivity index (χ2v) is 16.7. The number of amides is 7. The zero-order chi connectivity index (χ0) is 42.8. The fraction of sp³-hybridized carbons (Fsp3) is 0.784. The first-order chi connectivity index (χ1) is 26.5. The van der Waals surface area contributed by atoms with Gasteiger partial charge in [0, 0.05) is 19.6 Å². The number of aliphatic hydroxyl groups is 1. The minimum atomic E-state index is -1.52. The second-order valence-electron chi connectivity index (χ2n) is 16.7. The van der Waals surface area contributed by atoms with Gasteiger partial charge in [-0.2, -0.15) is 0 Å². The van der Waals surface area contributed by atoms with E-state index in [2.05, 4.69) is 21.3 Å². The predicted octanol–water partition coefficient (Wildman–Crippen LogP) is -2.42. The van der Waals surface area contributed by atoms with Gasteiger partial charge in [-0.3, -0.25) is 33.6 Å². The first kappa shape index (κ1) is 47.0. The smallest absolute Gasteiger partial charge is 0.328 e. The molecule has 322 valence electrons. The van der Waals surface area contributed by atoms with Crippen LogP contribution in [0.1, 0.15) is 87.0 Å². The average Bonchev–Trinajstić information content (AvgIpc) is 3.93. The molecule has 57 heavy (non-hydrogen) atoms. The van der Waals surface area contributed by atoms with Crippen molar-refractivity contribution in [2.45, 2.75) is 140 Å². The molecule has 3 fully saturated rings. The van der Waals surface area contributed by atoms with E-state index in [1.54, 1.807) is 20.8 Å². The molecule has 3 aliphatic heterocycles. The van der Waals surface area contributed by atoms with Gasteiger partial charge in [0.1, 0.15) is 42.3 Å². The molecule has 20 heteroatoms. The molecule has 0 saturated carbocycles. The van der Waals surface area contributed by atoms with Gasteiger partial charge < -0.3 is 61.4 Å². The van der Waals surface area contributed by atoms with E-state index < -0.39 is 114 Å². The number of ether oxygens (including phenoxy) is 2. The molecule has 3 saturated heterocycles. The van der Waals surface area contributed by atoms with E-state index in [-0.39, 0.29) is 32.8 Å². The number of carboxylic acid groups (broad SMARTS) is 1. The highest BCUT2D eigenvalue weighted by Crippen LogP contribution is 2.29. The Morgan fingerprint density at radius 3 is 1.72 bits per heavy atom. The number of carbonyl (C=O) groups excluding carboxylic acids is 7. The van der Waals surface area contributed by atoms with Crippen molar-refractivity contribution >= 4 is 47.3 Å². The Bertz CT molecular complexity index is 1500. The van der Waals surface area contributed by atoms with Crippen molar-refractivity contribution in [2.24, 2.45) is 5.73 Å². The lowest BCUT2D eigenvalue weighted by Gasteiger charge is -2.34. The van der Waals surface area contributed by atoms with Crippen molar-refractivity contribution in [1.29, 1.82) is 0 Å². The normalized spacial score (nSPS) is 22.0. The maximum absolute atomic E-state index is 14.0. The molecule has 7 amide bonds. The summed E-state index contributed by atoms with van der Waals surface area (Å²) in [4.78, 5) is 109. The Hall–Kier alpha value is -4.40. The van der Waals surface area contributed by atoms with Crippen molar-refractivity contribution in [3.05, 3.63) is 0 Å². The molecule has 0 unspecified atom stereocenters. The maximum atomic E-state index is 14.0. The van der Waals surface area contributed by atoms with Gasteiger partial charge in [-0.05, 0) is 87.0 Å². The molecule has 3 rings (SSSR count). The largest absolute Gasteiger partial charge is 0.480 e. The number of carbonyl (C=O) groups is 8. The van der Waals surface area contributed by atoms with E-state index in [4.69, 9.17) is 15.2 Å². The highest BCUT2D eigenvalue weighted by molar-refractivity contribution is 5.97. The summed E-state index contributed by atoms with van der Waals surface area (Å²) in [5.41, 5.74) is 4.78. The molecule has 0 radical (unpaired) electrons. The molecule has 7 atom stereocenters. The summed E-state index contributed by atoms with van der Waals surface area (Å²) in [6, 6.07) is -7.62. The van der Waals surface area contributed by atoms with Crippen LogP contribution in [-0.4, -0.2) is 172 Å². The number of nitrogens with zero attached hydrogens (tertiary/aromatic N) is 3. The minimum absolute atomic E-state index is 0.0952. The Morgan fingerprint density at radius 2 is 1.19 bits per heavy atom. The Kier molecular flexibility index (Phi) is 16.8. The highest BCUT2D eigenvalue weighted by Gasteiger charge is 2.46. The van der Waals surface area contributed by atoms with Gasteiger partial charge in [-0.15, -0.1) is 0 Å². The van der Waals surface area contributed by atoms with Gasteiger partial charge >= 0.3 is 5.97 Å². The lowest BCUT2D eigenvalue weighted by molar-refractivity contribution is -0.151. The van der Waals surface area contributed by atoms with Crippen LogP contribution in [0, 0.1) is 0 Å². The lowest BCUT2D eigenvalue weighted by atomic mass is 10.1. The van der Waals surface area contributed by atoms with Gasteiger partial charge in [0.15, 0.2) is 0 Å². The SMILES string of the molecule is C[C@H](NC(=O)CNC(=O)[C@H](COC(C)(C)C)NC(=O)[C@@H](N)COC(C)(C)C)C(=O)N1CCC[C@H]1C(=O)N1CCC[C@H]1C(=O)N1CCC[C@H]1C(=O)N[C@@H](CO)C(=O)O. The van der Waals surface area contributed by atoms with Crippen LogP contribution < -0.4 is 27.0 Å². The third-order valence-electron chi connectivity index (χ3n) is 9.80. The van der Waals surface area contributed by atoms with Gasteiger partial charge in [0.05, 0.1) is 37.6 Å². The third-order valence-corrected chi connectivity index (χ3v) is 9.80. The number of hydrogen-bond donors (Lipinski definition) is 7. The summed E-state index contributed by atoms with van der Waals surface area (Å²) in [5, 5.41) is 28.4. The number of hydrogen-bond acceptors (Lipinski definition) is 12. The quantitative estimate of drug-likeness (QED) is 0.0807. The number of rotatable bonds is 17. The lowest BCUT2D eigenvalue weighted by Crippen LogP contribution is -2.58. The third kappa shape index (κ3) is 13.6. The Labute approximate surface area is 333 Å². The molecule has 0 aromatic heterocycles. The number of aliphatic carboxylic acids is 1. The molecule has 0 spiro atoms. The number of carboxylic acids is 1. The summed E-state index contributed by atoms with van der Waals surface area (Å²) in [5.74, 6) is -5.60. The monoisotopic (exact) mass is 810 g/mol. The molecule has 20 nitrogen and oxygen atoms in total. The van der Waals surface area contributed by atoms with Crippen LogP contribution >= 0.6 is 0 Å². The fourth-order valence-corrected chi connectivity index (χ4v) is 6.82. The van der Waals surface area contributed by atoms with Gasteiger partial charge in [0.2, 0.25) is 41.4 Å². The van der Waals surface area contributed by atoms with E-state index in [0.29, 0.717) is 38.5 Å². The van der Waals surface area contributed by atoms with Crippen LogP contribution in [0.15, 0.2) is 0 Å². The molecule has 0 bridgehead atoms. The highest BCUT2D eigenvalue weighted by atomic mass is 16.5. The van der Waals surface area contributed by atoms with Crippen LogP contribution in [0.4, 0.5) is 0 Å². The van der Waals surface area contributed by atoms with Crippen molar-refractivity contribution in [3.8, 4) is 0 Å². The van der Waals surface area contributed by atoms with Crippen LogP contribution in [-0.2, 0) is 47.8 Å². The molecule has 0 aliphatic carbocycles. The average molecular weight is 811 g/mol. The molecule has 0 aromatic rings. The molecule has 0 aromatic carbocycles. The maximum Gasteiger partial charge on any atom is 0.328 e. The standard InChI is InChI=1S/C37H62N8O12/c1-21(40-28(47)17-39-30(49)24(20-57-37(5,6)7)42-29(48)22(38)19-56-36(2,3)4)32(51)44-15-9-12-26(44)34(53)45-16-10-13-27(45)33(52)43-14-8-11-25(43)31(50)41-23(18-46)35(54)55/h21-27,46H,8-20,38H2,1-7H3,(H,39,49)(H,40,47)(H,41,50)(H,42,48)(H,54,55)/t21-,22-,23-,24-,25-,26-,27-/m0/s1. The van der Waals surface area contributed by atoms with Crippen LogP contribution in [0.3, 0.4) is 0 Å². The summed E-state index contributed by atoms with van der Waals surface area (Å²) >= 11 is 0. The minimum Gasteiger partial charge on any atom is -0.480 e. The Morgan fingerprint density at radius 1 is 0.702 bits per heavy atom. The molecule has 3 heterocycles. The van der Waals surface area contributed by atoms with Crippen molar-refractivity contribution in [2.75, 3.05) is 46.0 Å². The van der Waals surface area contributed by atoms with Crippen molar-refractivity contribution < 1.29 is 58.0 Å². The second kappa shape index (κ2) is 20.3. The van der Waals surface area contributed by atoms with E-state index in [9.17, 15) is 48.6 Å². The molecule has 3 aliphatic rings. The van der Waals surface area contributed by atoms with Crippen molar-refractivity contribution in [1.82, 2.24) is 36.0 Å². The molecular formula is C37H62N8O12. The zero-order valence-electron chi connectivity index (χ0n) is 34.1. The van der Waals surface area contributed by atoms with Gasteiger partial charge in [-0.1, -0.05) is 0 Å². The number of aliphatic hydroxyl groups excluding tert-OH is 1. The fourth-order valence-electron chi connectivity index (χ4n) is 6.82. The predicted molar refractivity (Wildman–Crippen MR) is 203 cm³/mol. The number of nitrogens with one attached hydrogen (secondary N) is 4. The summed E-state index contributed by atoms with van der Waals surface area (Å²) in [6.07, 6.45) is 2.48. The van der Waals surface area contributed by atoms with Crippen LogP contribution in [0.25, 0.3) is 0 Å². The van der Waals surface area contributed by atoms with Crippen molar-refractivity contribution in [3.63, 3.8) is 0 Å². The van der Waals surface area contributed by atoms with Crippen LogP contribution in [0.5, 0.6) is 0 Å². The summed E-state index contributed by atoms with van der Waals surface area (Å²) in [7, 11) is 0. The molecular weight excluding hydrogens is 748 g/mol. The number of likely N-dealkylation sites (tertiary alicyclic amines) is 3. The van der Waals surface area contributed by atoms with E-state index in [1.165, 1.54) is 21.6 Å². The van der Waals surface area contributed by atoms with E-state index in [1.807, 2.05) is 20.8 Å². The first-order valence-electron chi connectivity index (χ1n) is 19.5. The van der Waals surface area contributed by atoms with E-state index in [0.717, 1.165) is 0 Å². The zero-order valence-corrected chi connectivity index (χ0v) is 34.1. The summed E-state index contributed by atoms with van der Waals surface area (Å²) in [6.45, 7) is 11.3. The van der Waals surface area contributed by atoms with E-state index >= 15 is 0 Å². The number of nitrogens with two attached hydrogens (primary N) is 1. The molecule has 8 N–H and O–H groups in total. The van der Waals surface area contributed by atoms with Gasteiger partial charge in [-0.25, -0.2) is 4.79 Å². The van der Waals surface area contributed by atoms with Gasteiger partial charge in [0.25, 0.3) is 0 Å². The summed E-state index contributed by atoms with van der Waals surface area (Å²) < 4.78 is 11.3. The Balaban J connectivity index is 1.59. The topological polar surface area (TPSA) is 279 Å². The van der Waals surface area contributed by atoms with Crippen LogP contribution in [0.2, 0.25) is 0 Å².